The van der Waals surface area contributed by atoms with Crippen LogP contribution in [0.5, 0.6) is 0 Å². The molecule has 0 aromatic carbocycles. The highest BCUT2D eigenvalue weighted by Gasteiger charge is 2.20. The van der Waals surface area contributed by atoms with Crippen LogP contribution in [0.3, 0.4) is 0 Å². The number of hydrogen-bond acceptors (Lipinski definition) is 6. The predicted molar refractivity (Wildman–Crippen MR) is 75.3 cm³/mol. The molecule has 0 atom stereocenters. The van der Waals surface area contributed by atoms with Gasteiger partial charge >= 0.3 is 6.01 Å². The van der Waals surface area contributed by atoms with Crippen LogP contribution in [0.25, 0.3) is 11.6 Å². The molecule has 106 valence electrons. The third-order valence-electron chi connectivity index (χ3n) is 3.46. The highest BCUT2D eigenvalue weighted by Crippen LogP contribution is 2.28. The molecule has 2 heterocycles. The maximum Gasteiger partial charge on any atom is 0.322 e. The van der Waals surface area contributed by atoms with Crippen molar-refractivity contribution in [2.45, 2.75) is 39.0 Å². The van der Waals surface area contributed by atoms with E-state index in [1.54, 1.807) is 0 Å². The average Bonchev–Trinajstić information content (AvgIpc) is 3.10. The third-order valence-corrected chi connectivity index (χ3v) is 4.23. The summed E-state index contributed by atoms with van der Waals surface area (Å²) in [4.78, 5) is 16.1. The Morgan fingerprint density at radius 3 is 2.95 bits per heavy atom. The summed E-state index contributed by atoms with van der Waals surface area (Å²) < 4.78 is 5.41. The van der Waals surface area contributed by atoms with Crippen LogP contribution in [0.2, 0.25) is 0 Å². The molecule has 0 unspecified atom stereocenters. The van der Waals surface area contributed by atoms with Crippen molar-refractivity contribution in [3.63, 3.8) is 0 Å². The van der Waals surface area contributed by atoms with Gasteiger partial charge in [0.1, 0.15) is 5.69 Å². The number of rotatable bonds is 4. The van der Waals surface area contributed by atoms with Crippen molar-refractivity contribution in [3.05, 3.63) is 10.4 Å². The number of carbonyl (C=O) groups is 1. The largest absolute Gasteiger partial charge is 0.401 e. The number of nitrogens with zero attached hydrogens (tertiary/aromatic N) is 3. The Morgan fingerprint density at radius 2 is 2.25 bits per heavy atom. The van der Waals surface area contributed by atoms with Gasteiger partial charge in [-0.05, 0) is 25.7 Å². The number of aryl methyl sites for hydroxylation is 1. The Morgan fingerprint density at radius 1 is 1.45 bits per heavy atom. The van der Waals surface area contributed by atoms with E-state index in [-0.39, 0.29) is 11.9 Å². The van der Waals surface area contributed by atoms with Gasteiger partial charge in [0.25, 0.3) is 5.89 Å². The summed E-state index contributed by atoms with van der Waals surface area (Å²) >= 11 is 1.52. The third kappa shape index (κ3) is 3.04. The van der Waals surface area contributed by atoms with Crippen molar-refractivity contribution < 1.29 is 9.21 Å². The fourth-order valence-corrected chi connectivity index (χ4v) is 3.07. The van der Waals surface area contributed by atoms with Crippen molar-refractivity contribution >= 4 is 23.3 Å². The van der Waals surface area contributed by atoms with E-state index in [0.29, 0.717) is 23.9 Å². The summed E-state index contributed by atoms with van der Waals surface area (Å²) in [6.07, 6.45) is 5.27. The van der Waals surface area contributed by atoms with E-state index in [1.165, 1.54) is 24.2 Å². The zero-order valence-corrected chi connectivity index (χ0v) is 12.1. The molecular weight excluding hydrogens is 276 g/mol. The predicted octanol–water partition coefficient (Wildman–Crippen LogP) is 3.02. The van der Waals surface area contributed by atoms with E-state index in [4.69, 9.17) is 4.42 Å². The lowest BCUT2D eigenvalue weighted by Gasteiger charge is -2.06. The molecule has 20 heavy (non-hydrogen) atoms. The number of amides is 1. The van der Waals surface area contributed by atoms with Gasteiger partial charge in [-0.1, -0.05) is 17.9 Å². The van der Waals surface area contributed by atoms with E-state index in [9.17, 15) is 4.79 Å². The van der Waals surface area contributed by atoms with Crippen molar-refractivity contribution in [2.24, 2.45) is 5.92 Å². The Bertz CT molecular complexity index is 601. The quantitative estimate of drug-likeness (QED) is 0.936. The molecule has 2 aromatic heterocycles. The van der Waals surface area contributed by atoms with Gasteiger partial charge in [-0.3, -0.25) is 10.1 Å². The van der Waals surface area contributed by atoms with Crippen molar-refractivity contribution in [1.82, 2.24) is 15.2 Å². The molecule has 3 rings (SSSR count). The minimum Gasteiger partial charge on any atom is -0.401 e. The number of thiazole rings is 1. The van der Waals surface area contributed by atoms with Crippen LogP contribution in [-0.4, -0.2) is 21.1 Å². The summed E-state index contributed by atoms with van der Waals surface area (Å²) in [6.45, 7) is 1.91. The topological polar surface area (TPSA) is 80.9 Å². The molecule has 7 heteroatoms. The number of carbonyl (C=O) groups excluding carboxylic acids is 1. The van der Waals surface area contributed by atoms with Crippen LogP contribution in [-0.2, 0) is 4.79 Å². The van der Waals surface area contributed by atoms with Gasteiger partial charge in [0, 0.05) is 11.8 Å². The summed E-state index contributed by atoms with van der Waals surface area (Å²) in [7, 11) is 0. The Balaban J connectivity index is 1.60. The second kappa shape index (κ2) is 5.70. The molecule has 0 bridgehead atoms. The van der Waals surface area contributed by atoms with Crippen molar-refractivity contribution in [1.29, 1.82) is 0 Å². The summed E-state index contributed by atoms with van der Waals surface area (Å²) in [5.74, 6) is 0.783. The normalized spacial score (nSPS) is 15.7. The molecule has 1 aliphatic carbocycles. The maximum atomic E-state index is 11.9. The summed E-state index contributed by atoms with van der Waals surface area (Å²) in [6, 6.07) is 0.147. The summed E-state index contributed by atoms with van der Waals surface area (Å²) in [5, 5.41) is 13.2. The number of aromatic nitrogens is 3. The molecule has 0 aliphatic heterocycles. The number of anilines is 1. The second-order valence-corrected chi connectivity index (χ2v) is 6.13. The first kappa shape index (κ1) is 13.2. The minimum atomic E-state index is -0.0541. The molecule has 1 N–H and O–H groups in total. The zero-order chi connectivity index (χ0) is 13.9. The van der Waals surface area contributed by atoms with Gasteiger partial charge in [0.2, 0.25) is 5.91 Å². The highest BCUT2D eigenvalue weighted by molar-refractivity contribution is 7.09. The lowest BCUT2D eigenvalue weighted by atomic mass is 10.0. The van der Waals surface area contributed by atoms with E-state index in [1.807, 2.05) is 12.3 Å². The highest BCUT2D eigenvalue weighted by atomic mass is 32.1. The summed E-state index contributed by atoms with van der Waals surface area (Å²) in [5.41, 5.74) is 0.649. The first-order valence-corrected chi connectivity index (χ1v) is 7.64. The monoisotopic (exact) mass is 292 g/mol. The molecule has 1 amide bonds. The Kier molecular flexibility index (Phi) is 3.77. The van der Waals surface area contributed by atoms with E-state index >= 15 is 0 Å². The molecule has 0 saturated heterocycles. The van der Waals surface area contributed by atoms with E-state index < -0.39 is 0 Å². The average molecular weight is 292 g/mol. The molecule has 6 nitrogen and oxygen atoms in total. The van der Waals surface area contributed by atoms with Gasteiger partial charge in [0.15, 0.2) is 0 Å². The minimum absolute atomic E-state index is 0.0541. The first-order chi connectivity index (χ1) is 9.70. The standard InChI is InChI=1S/C13H16N4O2S/c1-8-14-10(7-20-8)12-16-17-13(19-12)15-11(18)6-9-4-2-3-5-9/h7,9H,2-6H2,1H3,(H,15,17,18). The fourth-order valence-electron chi connectivity index (χ4n) is 2.49. The number of hydrogen-bond donors (Lipinski definition) is 1. The zero-order valence-electron chi connectivity index (χ0n) is 11.3. The van der Waals surface area contributed by atoms with Gasteiger partial charge in [-0.25, -0.2) is 4.98 Å². The molecular formula is C13H16N4O2S. The maximum absolute atomic E-state index is 11.9. The molecule has 1 fully saturated rings. The molecule has 1 aliphatic rings. The van der Waals surface area contributed by atoms with Crippen molar-refractivity contribution in [3.8, 4) is 11.6 Å². The van der Waals surface area contributed by atoms with E-state index in [2.05, 4.69) is 20.5 Å². The molecule has 2 aromatic rings. The fraction of sp³-hybridized carbons (Fsp3) is 0.538. The lowest BCUT2D eigenvalue weighted by molar-refractivity contribution is -0.117. The van der Waals surface area contributed by atoms with Gasteiger partial charge < -0.3 is 4.42 Å². The molecule has 0 radical (unpaired) electrons. The van der Waals surface area contributed by atoms with Crippen LogP contribution in [0, 0.1) is 12.8 Å². The van der Waals surface area contributed by atoms with Crippen molar-refractivity contribution in [2.75, 3.05) is 5.32 Å². The van der Waals surface area contributed by atoms with Gasteiger partial charge in [-0.2, -0.15) is 0 Å². The Hall–Kier alpha value is -1.76. The number of nitrogens with one attached hydrogen (secondary N) is 1. The van der Waals surface area contributed by atoms with Crippen LogP contribution < -0.4 is 5.32 Å². The van der Waals surface area contributed by atoms with Gasteiger partial charge in [-0.15, -0.1) is 16.4 Å². The van der Waals surface area contributed by atoms with Crippen LogP contribution in [0.1, 0.15) is 37.1 Å². The molecule has 0 spiro atoms. The smallest absolute Gasteiger partial charge is 0.322 e. The Labute approximate surface area is 120 Å². The SMILES string of the molecule is Cc1nc(-c2nnc(NC(=O)CC3CCCC3)o2)cs1. The molecule has 1 saturated carbocycles. The van der Waals surface area contributed by atoms with Crippen LogP contribution >= 0.6 is 11.3 Å². The second-order valence-electron chi connectivity index (χ2n) is 5.07. The van der Waals surface area contributed by atoms with Crippen LogP contribution in [0.15, 0.2) is 9.80 Å². The first-order valence-electron chi connectivity index (χ1n) is 6.76. The van der Waals surface area contributed by atoms with E-state index in [0.717, 1.165) is 17.8 Å². The van der Waals surface area contributed by atoms with Gasteiger partial charge in [0.05, 0.1) is 5.01 Å². The van der Waals surface area contributed by atoms with Crippen LogP contribution in [0.4, 0.5) is 6.01 Å². The lowest BCUT2D eigenvalue weighted by Crippen LogP contribution is -2.15.